The summed E-state index contributed by atoms with van der Waals surface area (Å²) >= 11 is 0. The van der Waals surface area contributed by atoms with Gasteiger partial charge in [0, 0.05) is 13.2 Å². The van der Waals surface area contributed by atoms with Crippen LogP contribution in [-0.4, -0.2) is 33.8 Å². The van der Waals surface area contributed by atoms with E-state index < -0.39 is 0 Å². The molecular formula is C21H37BO2. The lowest BCUT2D eigenvalue weighted by atomic mass is 9.99. The fraction of sp³-hybridized carbons (Fsp3) is 0.810. The van der Waals surface area contributed by atoms with Crippen LogP contribution in [0.4, 0.5) is 0 Å². The third-order valence-electron chi connectivity index (χ3n) is 4.44. The van der Waals surface area contributed by atoms with Crippen LogP contribution < -0.4 is 0 Å². The molecule has 0 unspecified atom stereocenters. The normalized spacial score (nSPS) is 18.2. The Kier molecular flexibility index (Phi) is 15.5. The van der Waals surface area contributed by atoms with Crippen molar-refractivity contribution in [2.24, 2.45) is 0 Å². The second-order valence-electron chi connectivity index (χ2n) is 6.73. The van der Waals surface area contributed by atoms with Crippen LogP contribution in [0.3, 0.4) is 0 Å². The van der Waals surface area contributed by atoms with Crippen LogP contribution in [0.15, 0.2) is 24.3 Å². The van der Waals surface area contributed by atoms with Crippen molar-refractivity contribution in [3.8, 4) is 0 Å². The molecule has 2 radical (unpaired) electrons. The molecule has 0 aromatic carbocycles. The maximum Gasteiger partial charge on any atom is 0.0830 e. The van der Waals surface area contributed by atoms with E-state index in [9.17, 15) is 0 Å². The molecule has 1 aliphatic rings. The van der Waals surface area contributed by atoms with Crippen molar-refractivity contribution in [1.82, 2.24) is 0 Å². The van der Waals surface area contributed by atoms with Crippen molar-refractivity contribution in [1.29, 1.82) is 0 Å². The fourth-order valence-electron chi connectivity index (χ4n) is 2.88. The fourth-order valence-corrected chi connectivity index (χ4v) is 2.88. The first-order valence-electron chi connectivity index (χ1n) is 10.1. The molecule has 136 valence electrons. The lowest BCUT2D eigenvalue weighted by Gasteiger charge is -2.09. The van der Waals surface area contributed by atoms with Crippen LogP contribution in [0.5, 0.6) is 0 Å². The maximum absolute atomic E-state index is 5.78. The summed E-state index contributed by atoms with van der Waals surface area (Å²) in [5.74, 6) is 0. The molecule has 0 aromatic heterocycles. The summed E-state index contributed by atoms with van der Waals surface area (Å²) < 4.78 is 11.1. The lowest BCUT2D eigenvalue weighted by molar-refractivity contribution is 0.0405. The van der Waals surface area contributed by atoms with Gasteiger partial charge in [-0.2, -0.15) is 0 Å². The zero-order valence-electron chi connectivity index (χ0n) is 15.6. The first-order valence-corrected chi connectivity index (χ1v) is 10.1. The Bertz CT molecular complexity index is 309. The van der Waals surface area contributed by atoms with Crippen LogP contribution in [0.2, 0.25) is 6.32 Å². The van der Waals surface area contributed by atoms with Gasteiger partial charge in [-0.1, -0.05) is 69.1 Å². The zero-order chi connectivity index (χ0) is 17.1. The summed E-state index contributed by atoms with van der Waals surface area (Å²) in [6.07, 6.45) is 25.2. The molecule has 2 nitrogen and oxygen atoms in total. The Hall–Kier alpha value is -0.535. The second kappa shape index (κ2) is 17.3. The Morgan fingerprint density at radius 1 is 0.833 bits per heavy atom. The molecule has 0 spiro atoms. The number of ether oxygens (including phenoxy) is 2. The van der Waals surface area contributed by atoms with Gasteiger partial charge in [0.1, 0.15) is 0 Å². The van der Waals surface area contributed by atoms with E-state index in [2.05, 4.69) is 24.3 Å². The molecule has 0 aliphatic carbocycles. The van der Waals surface area contributed by atoms with Gasteiger partial charge in [-0.05, 0) is 38.5 Å². The highest BCUT2D eigenvalue weighted by atomic mass is 16.5. The lowest BCUT2D eigenvalue weighted by Crippen LogP contribution is -2.12. The largest absolute Gasteiger partial charge is 0.379 e. The predicted octanol–water partition coefficient (Wildman–Crippen LogP) is 5.78. The summed E-state index contributed by atoms with van der Waals surface area (Å²) in [6, 6.07) is 0. The first kappa shape index (κ1) is 21.5. The van der Waals surface area contributed by atoms with Gasteiger partial charge in [0.15, 0.2) is 0 Å². The van der Waals surface area contributed by atoms with Crippen molar-refractivity contribution >= 4 is 7.85 Å². The number of allylic oxidation sites excluding steroid dienone is 4. The van der Waals surface area contributed by atoms with Crippen molar-refractivity contribution in [2.45, 2.75) is 89.5 Å². The smallest absolute Gasteiger partial charge is 0.0830 e. The van der Waals surface area contributed by atoms with Gasteiger partial charge in [-0.3, -0.25) is 0 Å². The van der Waals surface area contributed by atoms with E-state index >= 15 is 0 Å². The molecule has 1 rings (SSSR count). The monoisotopic (exact) mass is 332 g/mol. The Balaban J connectivity index is 1.73. The third-order valence-corrected chi connectivity index (χ3v) is 4.44. The Morgan fingerprint density at radius 3 is 2.17 bits per heavy atom. The van der Waals surface area contributed by atoms with Gasteiger partial charge in [0.05, 0.1) is 20.6 Å². The average molecular weight is 332 g/mol. The molecular weight excluding hydrogens is 295 g/mol. The van der Waals surface area contributed by atoms with Gasteiger partial charge < -0.3 is 9.47 Å². The minimum absolute atomic E-state index is 0.373. The highest BCUT2D eigenvalue weighted by molar-refractivity contribution is 6.08. The van der Waals surface area contributed by atoms with E-state index in [-0.39, 0.29) is 0 Å². The number of unbranched alkanes of at least 4 members (excludes halogenated alkanes) is 8. The minimum atomic E-state index is 0.373. The third kappa shape index (κ3) is 13.9. The van der Waals surface area contributed by atoms with Gasteiger partial charge >= 0.3 is 0 Å². The highest BCUT2D eigenvalue weighted by Crippen LogP contribution is 2.11. The van der Waals surface area contributed by atoms with E-state index in [1.807, 2.05) is 0 Å². The first-order chi connectivity index (χ1) is 11.9. The summed E-state index contributed by atoms with van der Waals surface area (Å²) in [5.41, 5.74) is 0. The zero-order valence-corrected chi connectivity index (χ0v) is 15.6. The Morgan fingerprint density at radius 2 is 1.50 bits per heavy atom. The molecule has 0 amide bonds. The standard InChI is InChI=1S/C21H37BO2/c22-17-14-12-10-8-6-4-2-1-3-5-7-9-11-13-15-18-24-21-16-19-23-20-21/h1-2,6,8,21H,3-5,7,9-20H2/b2-1-,8-6-/t21-/m1/s1. The summed E-state index contributed by atoms with van der Waals surface area (Å²) in [5, 5.41) is 0. The van der Waals surface area contributed by atoms with Crippen LogP contribution in [0, 0.1) is 0 Å². The van der Waals surface area contributed by atoms with Crippen molar-refractivity contribution in [3.63, 3.8) is 0 Å². The molecule has 24 heavy (non-hydrogen) atoms. The van der Waals surface area contributed by atoms with Gasteiger partial charge in [-0.25, -0.2) is 0 Å². The average Bonchev–Trinajstić information content (AvgIpc) is 3.11. The SMILES string of the molecule is [B]CCCC/C=C\C/C=C\CCCCCCCCO[C@@H]1CCOC1. The molecule has 0 saturated carbocycles. The van der Waals surface area contributed by atoms with E-state index in [0.29, 0.717) is 6.10 Å². The molecule has 1 atom stereocenters. The van der Waals surface area contributed by atoms with Crippen LogP contribution in [0.25, 0.3) is 0 Å². The van der Waals surface area contributed by atoms with E-state index in [1.165, 1.54) is 57.8 Å². The van der Waals surface area contributed by atoms with Gasteiger partial charge in [0.25, 0.3) is 0 Å². The maximum atomic E-state index is 5.78. The molecule has 1 fully saturated rings. The highest BCUT2D eigenvalue weighted by Gasteiger charge is 2.14. The molecule has 1 aliphatic heterocycles. The molecule has 3 heteroatoms. The molecule has 1 saturated heterocycles. The van der Waals surface area contributed by atoms with Crippen molar-refractivity contribution < 1.29 is 9.47 Å². The van der Waals surface area contributed by atoms with E-state index in [0.717, 1.165) is 45.4 Å². The van der Waals surface area contributed by atoms with Crippen LogP contribution in [0.1, 0.15) is 77.0 Å². The summed E-state index contributed by atoms with van der Waals surface area (Å²) in [7, 11) is 5.47. The second-order valence-corrected chi connectivity index (χ2v) is 6.73. The molecule has 0 aromatic rings. The van der Waals surface area contributed by atoms with Crippen LogP contribution >= 0.6 is 0 Å². The Labute approximate surface area is 151 Å². The van der Waals surface area contributed by atoms with Crippen molar-refractivity contribution in [3.05, 3.63) is 24.3 Å². The van der Waals surface area contributed by atoms with Crippen LogP contribution in [-0.2, 0) is 9.47 Å². The van der Waals surface area contributed by atoms with Gasteiger partial charge in [0.2, 0.25) is 0 Å². The van der Waals surface area contributed by atoms with Crippen molar-refractivity contribution in [2.75, 3.05) is 19.8 Å². The number of hydrogen-bond donors (Lipinski definition) is 0. The predicted molar refractivity (Wildman–Crippen MR) is 105 cm³/mol. The van der Waals surface area contributed by atoms with E-state index in [4.69, 9.17) is 17.3 Å². The molecule has 1 heterocycles. The summed E-state index contributed by atoms with van der Waals surface area (Å²) in [4.78, 5) is 0. The topological polar surface area (TPSA) is 18.5 Å². The minimum Gasteiger partial charge on any atom is -0.379 e. The van der Waals surface area contributed by atoms with Gasteiger partial charge in [-0.15, -0.1) is 0 Å². The number of hydrogen-bond acceptors (Lipinski definition) is 2. The summed E-state index contributed by atoms with van der Waals surface area (Å²) in [6.45, 7) is 2.60. The molecule has 0 bridgehead atoms. The van der Waals surface area contributed by atoms with E-state index in [1.54, 1.807) is 0 Å². The number of rotatable bonds is 16. The quantitative estimate of drug-likeness (QED) is 0.203. The molecule has 0 N–H and O–H groups in total.